The van der Waals surface area contributed by atoms with Gasteiger partial charge in [-0.2, -0.15) is 0 Å². The van der Waals surface area contributed by atoms with E-state index >= 15 is 0 Å². The molecule has 2 heteroatoms. The molecule has 0 amide bonds. The van der Waals surface area contributed by atoms with Gasteiger partial charge in [0.05, 0.1) is 0 Å². The van der Waals surface area contributed by atoms with Gasteiger partial charge in [0.2, 0.25) is 11.4 Å². The standard InChI is InChI=1S/C40H60N2/c1-5-9-13-15-17-19-24-34-26-22-28-36(32-34)40-38(30-20-18-16-14-10-6-2)37(29-12-8-4)39(42(40)41)35-27-21-25-33(31-35)23-11-7-3/h21-22,25-28,31-32H,5-20,23-24,29-30H2,1-4H3. The van der Waals surface area contributed by atoms with Crippen LogP contribution in [0.2, 0.25) is 0 Å². The second-order valence-electron chi connectivity index (χ2n) is 12.6. The van der Waals surface area contributed by atoms with Crippen molar-refractivity contribution in [3.8, 4) is 0 Å². The maximum Gasteiger partial charge on any atom is 0.211 e. The Balaban J connectivity index is 1.94. The minimum Gasteiger partial charge on any atom is -0.493 e. The molecule has 0 bridgehead atoms. The average Bonchev–Trinajstić information content (AvgIpc) is 3.29. The molecule has 0 aliphatic carbocycles. The monoisotopic (exact) mass is 568 g/mol. The van der Waals surface area contributed by atoms with Crippen LogP contribution in [0.1, 0.15) is 166 Å². The molecule has 2 aromatic carbocycles. The van der Waals surface area contributed by atoms with Crippen LogP contribution in [0.25, 0.3) is 16.9 Å². The minimum atomic E-state index is 1.02. The molecule has 0 N–H and O–H groups in total. The molecule has 0 radical (unpaired) electrons. The molecule has 1 aliphatic rings. The summed E-state index contributed by atoms with van der Waals surface area (Å²) in [5.41, 5.74) is 22.0. The molecule has 1 aliphatic heterocycles. The highest BCUT2D eigenvalue weighted by Gasteiger charge is 2.35. The van der Waals surface area contributed by atoms with Gasteiger partial charge in [-0.3, -0.25) is 0 Å². The Kier molecular flexibility index (Phi) is 15.9. The molecule has 42 heavy (non-hydrogen) atoms. The van der Waals surface area contributed by atoms with E-state index < -0.39 is 0 Å². The van der Waals surface area contributed by atoms with E-state index in [1.54, 1.807) is 4.70 Å². The molecule has 0 spiro atoms. The largest absolute Gasteiger partial charge is 0.493 e. The minimum absolute atomic E-state index is 1.02. The zero-order valence-corrected chi connectivity index (χ0v) is 27.7. The van der Waals surface area contributed by atoms with Gasteiger partial charge in [-0.05, 0) is 86.8 Å². The van der Waals surface area contributed by atoms with Crippen LogP contribution >= 0.6 is 0 Å². The number of aryl methyl sites for hydroxylation is 2. The number of hydrogen-bond donors (Lipinski definition) is 0. The molecule has 0 saturated carbocycles. The number of benzene rings is 2. The number of rotatable bonds is 22. The molecule has 2 aromatic rings. The third-order valence-corrected chi connectivity index (χ3v) is 8.96. The Bertz CT molecular complexity index is 1150. The van der Waals surface area contributed by atoms with Crippen molar-refractivity contribution in [3.05, 3.63) is 87.5 Å². The molecule has 3 rings (SSSR count). The first-order chi connectivity index (χ1) is 20.6. The first-order valence-electron chi connectivity index (χ1n) is 17.8. The van der Waals surface area contributed by atoms with E-state index in [2.05, 4.69) is 76.2 Å². The van der Waals surface area contributed by atoms with Crippen molar-refractivity contribution in [2.24, 2.45) is 0 Å². The zero-order valence-electron chi connectivity index (χ0n) is 27.7. The topological polar surface area (TPSA) is 25.3 Å². The molecule has 1 heterocycles. The van der Waals surface area contributed by atoms with Crippen LogP contribution in [0.5, 0.6) is 0 Å². The van der Waals surface area contributed by atoms with E-state index in [0.717, 1.165) is 55.5 Å². The van der Waals surface area contributed by atoms with Crippen molar-refractivity contribution in [1.82, 2.24) is 0 Å². The van der Waals surface area contributed by atoms with Gasteiger partial charge in [0.1, 0.15) is 0 Å². The van der Waals surface area contributed by atoms with Crippen LogP contribution in [0.3, 0.4) is 0 Å². The molecule has 0 aromatic heterocycles. The first-order valence-corrected chi connectivity index (χ1v) is 17.8. The van der Waals surface area contributed by atoms with Gasteiger partial charge in [-0.1, -0.05) is 129 Å². The second-order valence-corrected chi connectivity index (χ2v) is 12.6. The van der Waals surface area contributed by atoms with Crippen molar-refractivity contribution in [1.29, 1.82) is 0 Å². The molecule has 0 unspecified atom stereocenters. The van der Waals surface area contributed by atoms with Crippen molar-refractivity contribution in [3.63, 3.8) is 0 Å². The van der Waals surface area contributed by atoms with Crippen molar-refractivity contribution >= 4 is 11.4 Å². The first kappa shape index (κ1) is 34.0. The Morgan fingerprint density at radius 2 is 0.833 bits per heavy atom. The van der Waals surface area contributed by atoms with Crippen LogP contribution in [-0.2, 0) is 12.8 Å². The van der Waals surface area contributed by atoms with Gasteiger partial charge in [-0.25, -0.2) is 4.70 Å². The van der Waals surface area contributed by atoms with E-state index in [-0.39, 0.29) is 0 Å². The summed E-state index contributed by atoms with van der Waals surface area (Å²) in [6, 6.07) is 18.1. The van der Waals surface area contributed by atoms with E-state index in [9.17, 15) is 5.53 Å². The summed E-state index contributed by atoms with van der Waals surface area (Å²) in [4.78, 5) is 0. The lowest BCUT2D eigenvalue weighted by Gasteiger charge is -2.12. The zero-order chi connectivity index (χ0) is 30.0. The molecule has 2 nitrogen and oxygen atoms in total. The summed E-state index contributed by atoms with van der Waals surface area (Å²) in [7, 11) is 0. The lowest BCUT2D eigenvalue weighted by molar-refractivity contribution is -0.345. The Labute approximate surface area is 259 Å². The van der Waals surface area contributed by atoms with E-state index in [1.165, 1.54) is 118 Å². The van der Waals surface area contributed by atoms with Crippen LogP contribution < -0.4 is 0 Å². The van der Waals surface area contributed by atoms with E-state index in [0.29, 0.717) is 0 Å². The van der Waals surface area contributed by atoms with Crippen LogP contribution in [0.15, 0.2) is 59.7 Å². The molecule has 0 atom stereocenters. The number of unbranched alkanes of at least 4 members (excludes halogenated alkanes) is 12. The molecule has 0 fully saturated rings. The summed E-state index contributed by atoms with van der Waals surface area (Å²) in [5, 5.41) is 0. The highest BCUT2D eigenvalue weighted by atomic mass is 15.2. The van der Waals surface area contributed by atoms with Crippen molar-refractivity contribution < 1.29 is 4.70 Å². The Hall–Kier alpha value is -2.48. The number of allylic oxidation sites excluding steroid dienone is 2. The van der Waals surface area contributed by atoms with E-state index in [1.807, 2.05) is 0 Å². The highest BCUT2D eigenvalue weighted by Crippen LogP contribution is 2.44. The third kappa shape index (κ3) is 10.4. The molecule has 0 saturated heterocycles. The fourth-order valence-electron chi connectivity index (χ4n) is 6.46. The van der Waals surface area contributed by atoms with Gasteiger partial charge in [0.15, 0.2) is 0 Å². The molecular weight excluding hydrogens is 508 g/mol. The maximum absolute atomic E-state index is 12.0. The second kappa shape index (κ2) is 19.7. The van der Waals surface area contributed by atoms with E-state index in [4.69, 9.17) is 0 Å². The summed E-state index contributed by atoms with van der Waals surface area (Å²) < 4.78 is 1.58. The lowest BCUT2D eigenvalue weighted by Crippen LogP contribution is -2.03. The van der Waals surface area contributed by atoms with Crippen LogP contribution in [-0.4, -0.2) is 4.70 Å². The summed E-state index contributed by atoms with van der Waals surface area (Å²) in [6.07, 6.45) is 24.6. The molecule has 230 valence electrons. The predicted molar refractivity (Wildman–Crippen MR) is 184 cm³/mol. The number of nitrogens with zero attached hydrogens (tertiary/aromatic N) is 2. The quantitative estimate of drug-likeness (QED) is 0.0997. The maximum atomic E-state index is 12.0. The number of hydrogen-bond acceptors (Lipinski definition) is 0. The smallest absolute Gasteiger partial charge is 0.211 e. The summed E-state index contributed by atoms with van der Waals surface area (Å²) in [6.45, 7) is 9.11. The average molecular weight is 569 g/mol. The van der Waals surface area contributed by atoms with Gasteiger partial charge >= 0.3 is 0 Å². The summed E-state index contributed by atoms with van der Waals surface area (Å²) >= 11 is 0. The third-order valence-electron chi connectivity index (χ3n) is 8.96. The van der Waals surface area contributed by atoms with Crippen molar-refractivity contribution in [2.75, 3.05) is 0 Å². The SMILES string of the molecule is CCCCCCCCC1=C(c2cccc(CCCCCCCC)c2)[N+](=[N-])C(c2cccc(CCCC)c2)=C1CCCC. The fourth-order valence-corrected chi connectivity index (χ4v) is 6.46. The normalized spacial score (nSPS) is 13.6. The van der Waals surface area contributed by atoms with Crippen LogP contribution in [0, 0.1) is 0 Å². The Morgan fingerprint density at radius 1 is 0.452 bits per heavy atom. The predicted octanol–water partition coefficient (Wildman–Crippen LogP) is 13.0. The van der Waals surface area contributed by atoms with Crippen molar-refractivity contribution in [2.45, 2.75) is 156 Å². The summed E-state index contributed by atoms with van der Waals surface area (Å²) in [5.74, 6) is 0. The highest BCUT2D eigenvalue weighted by molar-refractivity contribution is 5.82. The van der Waals surface area contributed by atoms with Gasteiger partial charge < -0.3 is 5.53 Å². The van der Waals surface area contributed by atoms with Gasteiger partial charge in [0, 0.05) is 22.3 Å². The van der Waals surface area contributed by atoms with Gasteiger partial charge in [0.25, 0.3) is 0 Å². The van der Waals surface area contributed by atoms with Gasteiger partial charge in [-0.15, -0.1) is 0 Å². The molecular formula is C40H60N2. The Morgan fingerprint density at radius 3 is 1.33 bits per heavy atom. The fraction of sp³-hybridized carbons (Fsp3) is 0.600. The van der Waals surface area contributed by atoms with Crippen LogP contribution in [0.4, 0.5) is 0 Å². The lowest BCUT2D eigenvalue weighted by atomic mass is 9.91.